The zero-order valence-electron chi connectivity index (χ0n) is 19.8. The SMILES string of the molecule is CC(=O)CN[C@@H](Cc1cccc(CNC(C)=O)c1)[C@H](O)[C@@H]1NCCN(Cc2ccccc2)C1=O. The van der Waals surface area contributed by atoms with Crippen molar-refractivity contribution in [3.8, 4) is 0 Å². The van der Waals surface area contributed by atoms with Crippen LogP contribution in [-0.4, -0.2) is 65.4 Å². The smallest absolute Gasteiger partial charge is 0.242 e. The van der Waals surface area contributed by atoms with Crippen molar-refractivity contribution in [1.82, 2.24) is 20.9 Å². The number of aliphatic hydroxyl groups is 1. The van der Waals surface area contributed by atoms with Crippen molar-refractivity contribution < 1.29 is 19.5 Å². The Labute approximate surface area is 200 Å². The van der Waals surface area contributed by atoms with Gasteiger partial charge in [0.05, 0.1) is 12.6 Å². The quantitative estimate of drug-likeness (QED) is 0.390. The molecule has 0 unspecified atom stereocenters. The van der Waals surface area contributed by atoms with Gasteiger partial charge in [0.25, 0.3) is 0 Å². The Balaban J connectivity index is 1.73. The molecule has 34 heavy (non-hydrogen) atoms. The molecule has 2 amide bonds. The van der Waals surface area contributed by atoms with Crippen LogP contribution in [0.4, 0.5) is 0 Å². The van der Waals surface area contributed by atoms with Gasteiger partial charge in [-0.25, -0.2) is 0 Å². The van der Waals surface area contributed by atoms with Crippen LogP contribution < -0.4 is 16.0 Å². The second kappa shape index (κ2) is 12.4. The van der Waals surface area contributed by atoms with Crippen molar-refractivity contribution in [2.45, 2.75) is 51.5 Å². The Kier molecular flexibility index (Phi) is 9.33. The van der Waals surface area contributed by atoms with Crippen molar-refractivity contribution in [1.29, 1.82) is 0 Å². The molecule has 1 saturated heterocycles. The highest BCUT2D eigenvalue weighted by Gasteiger charge is 2.37. The summed E-state index contributed by atoms with van der Waals surface area (Å²) in [5.74, 6) is -0.314. The number of carbonyl (C=O) groups is 3. The summed E-state index contributed by atoms with van der Waals surface area (Å²) in [4.78, 5) is 37.9. The van der Waals surface area contributed by atoms with Crippen LogP contribution in [0.25, 0.3) is 0 Å². The molecule has 0 spiro atoms. The molecule has 1 aliphatic rings. The van der Waals surface area contributed by atoms with Crippen molar-refractivity contribution in [3.63, 3.8) is 0 Å². The lowest BCUT2D eigenvalue weighted by Gasteiger charge is -2.38. The van der Waals surface area contributed by atoms with Gasteiger partial charge in [0.15, 0.2) is 0 Å². The molecule has 0 saturated carbocycles. The van der Waals surface area contributed by atoms with Gasteiger partial charge in [0.1, 0.15) is 11.8 Å². The number of piperazine rings is 1. The summed E-state index contributed by atoms with van der Waals surface area (Å²) in [5.41, 5.74) is 2.91. The van der Waals surface area contributed by atoms with Gasteiger partial charge >= 0.3 is 0 Å². The third-order valence-electron chi connectivity index (χ3n) is 5.90. The lowest BCUT2D eigenvalue weighted by Crippen LogP contribution is -2.63. The van der Waals surface area contributed by atoms with Crippen LogP contribution in [0.2, 0.25) is 0 Å². The van der Waals surface area contributed by atoms with Crippen LogP contribution >= 0.6 is 0 Å². The van der Waals surface area contributed by atoms with Gasteiger partial charge in [0.2, 0.25) is 11.8 Å². The number of rotatable bonds is 11. The molecule has 0 radical (unpaired) electrons. The average molecular weight is 467 g/mol. The lowest BCUT2D eigenvalue weighted by atomic mass is 9.93. The van der Waals surface area contributed by atoms with E-state index in [0.717, 1.165) is 16.7 Å². The van der Waals surface area contributed by atoms with E-state index in [1.807, 2.05) is 54.6 Å². The van der Waals surface area contributed by atoms with Crippen LogP contribution in [0, 0.1) is 0 Å². The number of aliphatic hydroxyl groups excluding tert-OH is 1. The number of amides is 2. The average Bonchev–Trinajstić information content (AvgIpc) is 2.82. The number of nitrogens with one attached hydrogen (secondary N) is 3. The Morgan fingerprint density at radius 1 is 1.09 bits per heavy atom. The second-order valence-electron chi connectivity index (χ2n) is 8.79. The van der Waals surface area contributed by atoms with E-state index in [0.29, 0.717) is 32.6 Å². The van der Waals surface area contributed by atoms with E-state index in [1.165, 1.54) is 13.8 Å². The number of hydrogen-bond donors (Lipinski definition) is 4. The number of Topliss-reactive ketones (excluding diaryl/α,β-unsaturated/α-hetero) is 1. The number of hydrogen-bond acceptors (Lipinski definition) is 6. The van der Waals surface area contributed by atoms with Gasteiger partial charge in [-0.15, -0.1) is 0 Å². The van der Waals surface area contributed by atoms with Crippen LogP contribution in [0.5, 0.6) is 0 Å². The summed E-state index contributed by atoms with van der Waals surface area (Å²) in [6, 6.07) is 16.2. The molecule has 182 valence electrons. The molecule has 1 aliphatic heterocycles. The third-order valence-corrected chi connectivity index (χ3v) is 5.90. The Hall–Kier alpha value is -3.07. The van der Waals surface area contributed by atoms with E-state index >= 15 is 0 Å². The lowest BCUT2D eigenvalue weighted by molar-refractivity contribution is -0.140. The maximum absolute atomic E-state index is 13.2. The fraction of sp³-hybridized carbons (Fsp3) is 0.423. The number of ketones is 1. The molecule has 3 rings (SSSR count). The first-order valence-electron chi connectivity index (χ1n) is 11.6. The molecule has 0 aliphatic carbocycles. The first-order valence-corrected chi connectivity index (χ1v) is 11.6. The molecular weight excluding hydrogens is 432 g/mol. The third kappa shape index (κ3) is 7.48. The maximum atomic E-state index is 13.2. The van der Waals surface area contributed by atoms with Crippen LogP contribution in [0.1, 0.15) is 30.5 Å². The molecule has 1 fully saturated rings. The zero-order valence-corrected chi connectivity index (χ0v) is 19.8. The molecule has 2 aromatic rings. The minimum absolute atomic E-state index is 0.0507. The minimum Gasteiger partial charge on any atom is -0.389 e. The topological polar surface area (TPSA) is 111 Å². The van der Waals surface area contributed by atoms with Crippen molar-refractivity contribution >= 4 is 17.6 Å². The molecule has 1 heterocycles. The summed E-state index contributed by atoms with van der Waals surface area (Å²) in [6.07, 6.45) is -0.614. The highest BCUT2D eigenvalue weighted by molar-refractivity contribution is 5.83. The van der Waals surface area contributed by atoms with Gasteiger partial charge in [-0.2, -0.15) is 0 Å². The standard InChI is InChI=1S/C26H34N4O4/c1-18(31)15-29-23(14-21-9-6-10-22(13-21)16-28-19(2)32)25(33)24-26(34)30(12-11-27-24)17-20-7-4-3-5-8-20/h3-10,13,23-25,27,29,33H,11-12,14-17H2,1-2H3,(H,28,32)/t23-,24-,25-/m0/s1. The monoisotopic (exact) mass is 466 g/mol. The summed E-state index contributed by atoms with van der Waals surface area (Å²) in [7, 11) is 0. The molecule has 8 heteroatoms. The summed E-state index contributed by atoms with van der Waals surface area (Å²) in [5, 5.41) is 20.4. The Bertz CT molecular complexity index is 982. The number of nitrogens with zero attached hydrogens (tertiary/aromatic N) is 1. The van der Waals surface area contributed by atoms with E-state index in [4.69, 9.17) is 0 Å². The zero-order chi connectivity index (χ0) is 24.5. The van der Waals surface area contributed by atoms with Crippen LogP contribution in [-0.2, 0) is 33.9 Å². The van der Waals surface area contributed by atoms with Gasteiger partial charge < -0.3 is 26.0 Å². The van der Waals surface area contributed by atoms with E-state index in [2.05, 4.69) is 16.0 Å². The molecule has 3 atom stereocenters. The fourth-order valence-electron chi connectivity index (χ4n) is 4.14. The second-order valence-corrected chi connectivity index (χ2v) is 8.79. The molecule has 0 bridgehead atoms. The Morgan fingerprint density at radius 3 is 2.50 bits per heavy atom. The minimum atomic E-state index is -1.04. The highest BCUT2D eigenvalue weighted by Crippen LogP contribution is 2.16. The molecule has 0 aromatic heterocycles. The van der Waals surface area contributed by atoms with E-state index in [9.17, 15) is 19.5 Å². The number of carbonyl (C=O) groups excluding carboxylic acids is 3. The van der Waals surface area contributed by atoms with Gasteiger partial charge in [-0.3, -0.25) is 14.4 Å². The van der Waals surface area contributed by atoms with E-state index in [1.54, 1.807) is 4.90 Å². The summed E-state index contributed by atoms with van der Waals surface area (Å²) < 4.78 is 0. The van der Waals surface area contributed by atoms with Gasteiger partial charge in [-0.1, -0.05) is 54.6 Å². The predicted octanol–water partition coefficient (Wildman–Crippen LogP) is 0.774. The van der Waals surface area contributed by atoms with Gasteiger partial charge in [0, 0.05) is 39.1 Å². The molecular formula is C26H34N4O4. The van der Waals surface area contributed by atoms with Crippen molar-refractivity contribution in [3.05, 3.63) is 71.3 Å². The molecule has 8 nitrogen and oxygen atoms in total. The van der Waals surface area contributed by atoms with E-state index < -0.39 is 18.2 Å². The Morgan fingerprint density at radius 2 is 1.79 bits per heavy atom. The van der Waals surface area contributed by atoms with Crippen molar-refractivity contribution in [2.24, 2.45) is 0 Å². The predicted molar refractivity (Wildman–Crippen MR) is 130 cm³/mol. The number of benzene rings is 2. The molecule has 2 aromatic carbocycles. The van der Waals surface area contributed by atoms with Crippen LogP contribution in [0.15, 0.2) is 54.6 Å². The summed E-state index contributed by atoms with van der Waals surface area (Å²) >= 11 is 0. The fourth-order valence-corrected chi connectivity index (χ4v) is 4.14. The largest absolute Gasteiger partial charge is 0.389 e. The highest BCUT2D eigenvalue weighted by atomic mass is 16.3. The molecule has 4 N–H and O–H groups in total. The summed E-state index contributed by atoms with van der Waals surface area (Å²) in [6.45, 7) is 5.09. The van der Waals surface area contributed by atoms with Crippen molar-refractivity contribution in [2.75, 3.05) is 19.6 Å². The van der Waals surface area contributed by atoms with Crippen LogP contribution in [0.3, 0.4) is 0 Å². The first-order chi connectivity index (χ1) is 16.3. The normalized spacial score (nSPS) is 17.8. The van der Waals surface area contributed by atoms with E-state index in [-0.39, 0.29) is 24.1 Å². The van der Waals surface area contributed by atoms with Gasteiger partial charge in [-0.05, 0) is 30.0 Å². The first kappa shape index (κ1) is 25.6. The maximum Gasteiger partial charge on any atom is 0.242 e.